The maximum Gasteiger partial charge on any atom is 0.305 e. The zero-order chi connectivity index (χ0) is 28.4. The summed E-state index contributed by atoms with van der Waals surface area (Å²) < 4.78 is 14.8. The summed E-state index contributed by atoms with van der Waals surface area (Å²) in [7, 11) is 0. The Kier molecular flexibility index (Phi) is 11.4. The Morgan fingerprint density at radius 2 is 1.67 bits per heavy atom. The molecule has 0 unspecified atom stereocenters. The molecule has 0 spiro atoms. The number of carbonyl (C=O) groups is 2. The molecule has 0 bridgehead atoms. The highest BCUT2D eigenvalue weighted by Crippen LogP contribution is 2.29. The van der Waals surface area contributed by atoms with E-state index in [-0.39, 0.29) is 11.7 Å². The molecule has 204 valence electrons. The van der Waals surface area contributed by atoms with E-state index in [0.29, 0.717) is 33.9 Å². The average molecular weight is 615 g/mol. The molecule has 0 aliphatic heterocycles. The van der Waals surface area contributed by atoms with Crippen molar-refractivity contribution in [1.29, 1.82) is 0 Å². The van der Waals surface area contributed by atoms with Gasteiger partial charge in [-0.15, -0.1) is 11.8 Å². The molecule has 0 saturated carbocycles. The number of hydrogen-bond acceptors (Lipinski definition) is 6. The molecule has 7 nitrogen and oxygen atoms in total. The Morgan fingerprint density at radius 3 is 2.28 bits per heavy atom. The summed E-state index contributed by atoms with van der Waals surface area (Å²) in [6, 6.07) is 17.5. The van der Waals surface area contributed by atoms with Crippen molar-refractivity contribution in [3.05, 3.63) is 114 Å². The van der Waals surface area contributed by atoms with Crippen molar-refractivity contribution in [2.75, 3.05) is 26.2 Å². The van der Waals surface area contributed by atoms with E-state index >= 15 is 0 Å². The van der Waals surface area contributed by atoms with Crippen molar-refractivity contribution in [2.24, 2.45) is 0 Å². The quantitative estimate of drug-likeness (QED) is 0.0995. The van der Waals surface area contributed by atoms with Gasteiger partial charge in [0.15, 0.2) is 5.78 Å². The van der Waals surface area contributed by atoms with Crippen LogP contribution in [0.1, 0.15) is 45.7 Å². The van der Waals surface area contributed by atoms with Crippen LogP contribution >= 0.6 is 27.7 Å². The standard InChI is InChI=1S/C29H29BrFN3O4S/c1-3-33(4-2)16-15-32-29(36)23-10-8-22(9-11-23)28(35)27(39-19-20-5-12-24(30)13-6-20)18-21-7-14-25(31)26(17-21)34(37)38/h5-14,17-18H,3-4,15-16,19H2,1-2H3,(H,32,36). The number of ketones is 1. The van der Waals surface area contributed by atoms with E-state index in [9.17, 15) is 24.1 Å². The number of allylic oxidation sites excluding steroid dienone is 1. The fourth-order valence-electron chi connectivity index (χ4n) is 3.71. The molecule has 10 heteroatoms. The third kappa shape index (κ3) is 8.84. The number of thioether (sulfide) groups is 1. The SMILES string of the molecule is CCN(CC)CCNC(=O)c1ccc(C(=O)C(=Cc2ccc(F)c([N+](=O)[O-])c2)SCc2ccc(Br)cc2)cc1. The summed E-state index contributed by atoms with van der Waals surface area (Å²) in [5.74, 6) is -1.00. The van der Waals surface area contributed by atoms with E-state index in [2.05, 4.69) is 40.0 Å². The van der Waals surface area contributed by atoms with E-state index in [1.165, 1.54) is 23.9 Å². The Morgan fingerprint density at radius 1 is 1.03 bits per heavy atom. The molecular weight excluding hydrogens is 585 g/mol. The zero-order valence-electron chi connectivity index (χ0n) is 21.7. The number of nitro benzene ring substituents is 1. The number of carbonyl (C=O) groups excluding carboxylic acids is 2. The van der Waals surface area contributed by atoms with Gasteiger partial charge in [0, 0.05) is 40.5 Å². The molecule has 39 heavy (non-hydrogen) atoms. The van der Waals surface area contributed by atoms with Crippen LogP contribution in [0.3, 0.4) is 0 Å². The van der Waals surface area contributed by atoms with Crippen LogP contribution in [-0.4, -0.2) is 47.7 Å². The zero-order valence-corrected chi connectivity index (χ0v) is 24.1. The van der Waals surface area contributed by atoms with E-state index < -0.39 is 16.4 Å². The van der Waals surface area contributed by atoms with Gasteiger partial charge in [0.2, 0.25) is 5.82 Å². The molecule has 0 atom stereocenters. The first-order valence-corrected chi connectivity index (χ1v) is 14.2. The summed E-state index contributed by atoms with van der Waals surface area (Å²) in [4.78, 5) is 39.0. The van der Waals surface area contributed by atoms with Crippen LogP contribution in [0, 0.1) is 15.9 Å². The van der Waals surface area contributed by atoms with Crippen molar-refractivity contribution < 1.29 is 18.9 Å². The van der Waals surface area contributed by atoms with E-state index in [1.54, 1.807) is 24.3 Å². The molecule has 0 aromatic heterocycles. The molecular formula is C29H29BrFN3O4S. The van der Waals surface area contributed by atoms with Gasteiger partial charge >= 0.3 is 5.69 Å². The van der Waals surface area contributed by atoms with Gasteiger partial charge < -0.3 is 10.2 Å². The Bertz CT molecular complexity index is 1340. The monoisotopic (exact) mass is 613 g/mol. The molecule has 0 aliphatic rings. The van der Waals surface area contributed by atoms with Gasteiger partial charge in [-0.05, 0) is 60.6 Å². The lowest BCUT2D eigenvalue weighted by Crippen LogP contribution is -2.34. The number of benzene rings is 3. The van der Waals surface area contributed by atoms with Gasteiger partial charge in [-0.2, -0.15) is 4.39 Å². The van der Waals surface area contributed by atoms with Gasteiger partial charge in [0.25, 0.3) is 5.91 Å². The minimum absolute atomic E-state index is 0.222. The number of Topliss-reactive ketones (excluding diaryl/α,β-unsaturated/α-hetero) is 1. The first kappa shape index (κ1) is 30.2. The predicted octanol–water partition coefficient (Wildman–Crippen LogP) is 6.73. The highest BCUT2D eigenvalue weighted by Gasteiger charge is 2.18. The molecule has 3 aromatic rings. The smallest absolute Gasteiger partial charge is 0.305 e. The number of rotatable bonds is 13. The predicted molar refractivity (Wildman–Crippen MR) is 157 cm³/mol. The lowest BCUT2D eigenvalue weighted by Gasteiger charge is -2.18. The van der Waals surface area contributed by atoms with E-state index in [4.69, 9.17) is 0 Å². The van der Waals surface area contributed by atoms with Gasteiger partial charge in [-0.1, -0.05) is 60.1 Å². The van der Waals surface area contributed by atoms with Crippen molar-refractivity contribution >= 4 is 51.1 Å². The normalized spacial score (nSPS) is 11.5. The van der Waals surface area contributed by atoms with Crippen LogP contribution in [0.15, 0.2) is 76.1 Å². The van der Waals surface area contributed by atoms with Crippen LogP contribution in [0.4, 0.5) is 10.1 Å². The summed E-state index contributed by atoms with van der Waals surface area (Å²) in [6.07, 6.45) is 1.52. The van der Waals surface area contributed by atoms with Crippen molar-refractivity contribution in [3.8, 4) is 0 Å². The summed E-state index contributed by atoms with van der Waals surface area (Å²) >= 11 is 4.68. The fraction of sp³-hybridized carbons (Fsp3) is 0.241. The van der Waals surface area contributed by atoms with Crippen LogP contribution in [0.5, 0.6) is 0 Å². The number of nitrogens with one attached hydrogen (secondary N) is 1. The Labute approximate surface area is 239 Å². The number of nitro groups is 1. The number of nitrogens with zero attached hydrogens (tertiary/aromatic N) is 2. The number of likely N-dealkylation sites (N-methyl/N-ethyl adjacent to an activating group) is 1. The highest BCUT2D eigenvalue weighted by molar-refractivity contribution is 9.10. The summed E-state index contributed by atoms with van der Waals surface area (Å²) in [5, 5.41) is 14.1. The third-order valence-corrected chi connectivity index (χ3v) is 7.63. The fourth-order valence-corrected chi connectivity index (χ4v) is 4.96. The second-order valence-corrected chi connectivity index (χ2v) is 10.5. The molecule has 1 N–H and O–H groups in total. The summed E-state index contributed by atoms with van der Waals surface area (Å²) in [6.45, 7) is 7.22. The average Bonchev–Trinajstić information content (AvgIpc) is 2.94. The first-order valence-electron chi connectivity index (χ1n) is 12.4. The van der Waals surface area contributed by atoms with Gasteiger partial charge in [0.05, 0.1) is 9.83 Å². The second kappa shape index (κ2) is 14.7. The van der Waals surface area contributed by atoms with Crippen LogP contribution in [0.25, 0.3) is 6.08 Å². The molecule has 1 amide bonds. The van der Waals surface area contributed by atoms with Crippen LogP contribution in [0.2, 0.25) is 0 Å². The Hall–Kier alpha value is -3.34. The lowest BCUT2D eigenvalue weighted by molar-refractivity contribution is -0.387. The molecule has 0 radical (unpaired) electrons. The van der Waals surface area contributed by atoms with Gasteiger partial charge in [-0.25, -0.2) is 0 Å². The molecule has 0 fully saturated rings. The number of halogens is 2. The molecule has 0 aliphatic carbocycles. The second-order valence-electron chi connectivity index (χ2n) is 8.58. The highest BCUT2D eigenvalue weighted by atomic mass is 79.9. The molecule has 0 heterocycles. The molecule has 0 saturated heterocycles. The maximum absolute atomic E-state index is 13.9. The first-order chi connectivity index (χ1) is 18.7. The number of amides is 1. The summed E-state index contributed by atoms with van der Waals surface area (Å²) in [5.41, 5.74) is 1.45. The minimum Gasteiger partial charge on any atom is -0.351 e. The van der Waals surface area contributed by atoms with E-state index in [0.717, 1.165) is 41.8 Å². The van der Waals surface area contributed by atoms with Crippen molar-refractivity contribution in [2.45, 2.75) is 19.6 Å². The number of hydrogen-bond donors (Lipinski definition) is 1. The molecule has 3 aromatic carbocycles. The van der Waals surface area contributed by atoms with Crippen LogP contribution < -0.4 is 5.32 Å². The molecule has 3 rings (SSSR count). The Balaban J connectivity index is 1.81. The van der Waals surface area contributed by atoms with Gasteiger partial charge in [0.1, 0.15) is 0 Å². The van der Waals surface area contributed by atoms with Gasteiger partial charge in [-0.3, -0.25) is 19.7 Å². The lowest BCUT2D eigenvalue weighted by atomic mass is 10.1. The van der Waals surface area contributed by atoms with Crippen molar-refractivity contribution in [1.82, 2.24) is 10.2 Å². The van der Waals surface area contributed by atoms with Crippen molar-refractivity contribution in [3.63, 3.8) is 0 Å². The van der Waals surface area contributed by atoms with Crippen LogP contribution in [-0.2, 0) is 5.75 Å². The van der Waals surface area contributed by atoms with E-state index in [1.807, 2.05) is 24.3 Å². The largest absolute Gasteiger partial charge is 0.351 e. The third-order valence-electron chi connectivity index (χ3n) is 6.01. The minimum atomic E-state index is -0.946. The topological polar surface area (TPSA) is 92.6 Å². The maximum atomic E-state index is 13.9.